The molecule has 1 aromatic heterocycles. The number of carbonyl (C=O) groups excluding carboxylic acids is 1. The maximum atomic E-state index is 13.6. The number of nitrogens with one attached hydrogen (secondary N) is 2. The molecule has 0 saturated heterocycles. The average Bonchev–Trinajstić information content (AvgIpc) is 3.51. The Hall–Kier alpha value is -3.52. The molecule has 3 atom stereocenters. The summed E-state index contributed by atoms with van der Waals surface area (Å²) in [7, 11) is 0. The quantitative estimate of drug-likeness (QED) is 0.392. The molecule has 3 aromatic rings. The van der Waals surface area contributed by atoms with Gasteiger partial charge in [0.25, 0.3) is 0 Å². The first kappa shape index (κ1) is 23.2. The van der Waals surface area contributed by atoms with Gasteiger partial charge < -0.3 is 30.0 Å². The summed E-state index contributed by atoms with van der Waals surface area (Å²) in [6, 6.07) is 11.7. The van der Waals surface area contributed by atoms with Crippen LogP contribution in [0, 0.1) is 5.92 Å². The summed E-state index contributed by atoms with van der Waals surface area (Å²) in [5.74, 6) is -1.47. The van der Waals surface area contributed by atoms with Gasteiger partial charge in [0.05, 0.1) is 12.0 Å². The van der Waals surface area contributed by atoms with Crippen LogP contribution in [-0.2, 0) is 16.0 Å². The number of carboxylic acid groups (broad SMARTS) is 1. The molecule has 0 unspecified atom stereocenters. The molecule has 1 aliphatic heterocycles. The summed E-state index contributed by atoms with van der Waals surface area (Å²) in [4.78, 5) is 28.9. The van der Waals surface area contributed by atoms with Crippen molar-refractivity contribution in [3.05, 3.63) is 59.8 Å². The van der Waals surface area contributed by atoms with Crippen LogP contribution in [0.15, 0.2) is 48.7 Å². The highest BCUT2D eigenvalue weighted by Gasteiger charge is 2.37. The molecule has 2 aromatic carbocycles. The summed E-state index contributed by atoms with van der Waals surface area (Å²) in [5.41, 5.74) is 2.30. The van der Waals surface area contributed by atoms with Crippen molar-refractivity contribution in [1.82, 2.24) is 10.3 Å². The molecule has 0 spiro atoms. The Labute approximate surface area is 203 Å². The van der Waals surface area contributed by atoms with Crippen LogP contribution in [0.5, 0.6) is 11.5 Å². The van der Waals surface area contributed by atoms with E-state index in [2.05, 4.69) is 10.3 Å². The number of amides is 1. The number of hydrogen-bond acceptors (Lipinski definition) is 5. The minimum absolute atomic E-state index is 0.0261. The number of benzene rings is 2. The second-order valence-electron chi connectivity index (χ2n) is 9.44. The van der Waals surface area contributed by atoms with Gasteiger partial charge in [-0.3, -0.25) is 4.79 Å². The molecular weight excluding hydrogens is 448 g/mol. The topological polar surface area (TPSA) is 121 Å². The monoisotopic (exact) mass is 478 g/mol. The number of hydrogen-bond donors (Lipinski definition) is 4. The summed E-state index contributed by atoms with van der Waals surface area (Å²) in [6.07, 6.45) is 5.79. The molecule has 35 heavy (non-hydrogen) atoms. The molecule has 8 heteroatoms. The SMILES string of the molecule is O=C(O)[C@H](Cc1c[nH]c2ccccc12)NC(=O)[C@H](c1ccc2c(c1)OCO2)[C@H](O)C1CCCCC1. The Morgan fingerprint density at radius 1 is 1.06 bits per heavy atom. The fraction of sp³-hybridized carbons (Fsp3) is 0.407. The standard InChI is InChI=1S/C27H30N2O6/c30-25(16-6-2-1-3-7-16)24(17-10-11-22-23(13-17)35-15-34-22)26(31)29-21(27(32)33)12-18-14-28-20-9-5-4-8-19(18)20/h4-5,8-11,13-14,16,21,24-25,28,30H,1-3,6-7,12,15H2,(H,29,31)(H,32,33)/t21-,24+,25+/m0/s1. The van der Waals surface area contributed by atoms with Gasteiger partial charge in [0, 0.05) is 23.5 Å². The number of aliphatic hydroxyl groups is 1. The Bertz CT molecular complexity index is 1220. The number of aliphatic carboxylic acids is 1. The number of carbonyl (C=O) groups is 2. The lowest BCUT2D eigenvalue weighted by Crippen LogP contribution is -2.47. The highest BCUT2D eigenvalue weighted by Crippen LogP contribution is 2.39. The lowest BCUT2D eigenvalue weighted by Gasteiger charge is -2.32. The number of carboxylic acids is 1. The molecule has 1 aliphatic carbocycles. The first-order chi connectivity index (χ1) is 17.0. The zero-order chi connectivity index (χ0) is 24.4. The Morgan fingerprint density at radius 2 is 1.83 bits per heavy atom. The van der Waals surface area contributed by atoms with E-state index in [1.807, 2.05) is 24.3 Å². The molecule has 4 N–H and O–H groups in total. The van der Waals surface area contributed by atoms with E-state index in [1.54, 1.807) is 24.4 Å². The lowest BCUT2D eigenvalue weighted by molar-refractivity contribution is -0.142. The zero-order valence-electron chi connectivity index (χ0n) is 19.4. The Morgan fingerprint density at radius 3 is 2.63 bits per heavy atom. The van der Waals surface area contributed by atoms with Crippen LogP contribution < -0.4 is 14.8 Å². The maximum absolute atomic E-state index is 13.6. The van der Waals surface area contributed by atoms with Gasteiger partial charge in [-0.15, -0.1) is 0 Å². The molecule has 5 rings (SSSR count). The molecule has 2 aliphatic rings. The molecule has 2 heterocycles. The van der Waals surface area contributed by atoms with Crippen LogP contribution in [0.3, 0.4) is 0 Å². The molecule has 8 nitrogen and oxygen atoms in total. The van der Waals surface area contributed by atoms with E-state index in [0.29, 0.717) is 17.1 Å². The molecular formula is C27H30N2O6. The lowest BCUT2D eigenvalue weighted by atomic mass is 9.77. The molecule has 1 fully saturated rings. The highest BCUT2D eigenvalue weighted by atomic mass is 16.7. The van der Waals surface area contributed by atoms with Crippen molar-refractivity contribution in [2.45, 2.75) is 56.6 Å². The smallest absolute Gasteiger partial charge is 0.326 e. The largest absolute Gasteiger partial charge is 0.480 e. The van der Waals surface area contributed by atoms with Crippen molar-refractivity contribution in [2.24, 2.45) is 5.92 Å². The number of aliphatic hydroxyl groups excluding tert-OH is 1. The van der Waals surface area contributed by atoms with Crippen molar-refractivity contribution in [3.8, 4) is 11.5 Å². The van der Waals surface area contributed by atoms with E-state index in [1.165, 1.54) is 0 Å². The third-order valence-electron chi connectivity index (χ3n) is 7.23. The normalized spacial score (nSPS) is 18.2. The number of rotatable bonds is 8. The van der Waals surface area contributed by atoms with Gasteiger partial charge in [0.15, 0.2) is 11.5 Å². The van der Waals surface area contributed by atoms with Gasteiger partial charge in [0.1, 0.15) is 6.04 Å². The number of para-hydroxylation sites is 1. The number of aromatic nitrogens is 1. The van der Waals surface area contributed by atoms with E-state index >= 15 is 0 Å². The van der Waals surface area contributed by atoms with Crippen LogP contribution in [0.1, 0.15) is 49.1 Å². The van der Waals surface area contributed by atoms with Crippen molar-refractivity contribution >= 4 is 22.8 Å². The van der Waals surface area contributed by atoms with E-state index in [0.717, 1.165) is 48.6 Å². The minimum atomic E-state index is -1.14. The maximum Gasteiger partial charge on any atom is 0.326 e. The second kappa shape index (κ2) is 10.00. The van der Waals surface area contributed by atoms with Crippen LogP contribution in [-0.4, -0.2) is 46.0 Å². The Balaban J connectivity index is 1.41. The highest BCUT2D eigenvalue weighted by molar-refractivity contribution is 5.90. The fourth-order valence-electron chi connectivity index (χ4n) is 5.34. The van der Waals surface area contributed by atoms with Gasteiger partial charge in [-0.1, -0.05) is 43.5 Å². The fourth-order valence-corrected chi connectivity index (χ4v) is 5.34. The van der Waals surface area contributed by atoms with E-state index in [9.17, 15) is 19.8 Å². The van der Waals surface area contributed by atoms with Crippen LogP contribution in [0.2, 0.25) is 0 Å². The van der Waals surface area contributed by atoms with Crippen LogP contribution in [0.4, 0.5) is 0 Å². The Kier molecular flexibility index (Phi) is 6.63. The first-order valence-electron chi connectivity index (χ1n) is 12.2. The van der Waals surface area contributed by atoms with Crippen molar-refractivity contribution in [1.29, 1.82) is 0 Å². The van der Waals surface area contributed by atoms with Gasteiger partial charge in [0.2, 0.25) is 12.7 Å². The van der Waals surface area contributed by atoms with Crippen LogP contribution in [0.25, 0.3) is 10.9 Å². The van der Waals surface area contributed by atoms with Gasteiger partial charge in [-0.25, -0.2) is 4.79 Å². The average molecular weight is 479 g/mol. The van der Waals surface area contributed by atoms with Gasteiger partial charge in [-0.2, -0.15) is 0 Å². The predicted molar refractivity (Wildman–Crippen MR) is 129 cm³/mol. The van der Waals surface area contributed by atoms with Gasteiger partial charge >= 0.3 is 5.97 Å². The molecule has 0 radical (unpaired) electrons. The number of aromatic amines is 1. The van der Waals surface area contributed by atoms with Crippen molar-refractivity contribution < 1.29 is 29.3 Å². The molecule has 184 valence electrons. The summed E-state index contributed by atoms with van der Waals surface area (Å²) in [5, 5.41) is 24.9. The molecule has 0 bridgehead atoms. The van der Waals surface area contributed by atoms with E-state index < -0.39 is 29.9 Å². The minimum Gasteiger partial charge on any atom is -0.480 e. The van der Waals surface area contributed by atoms with Gasteiger partial charge in [-0.05, 0) is 48.1 Å². The second-order valence-corrected chi connectivity index (χ2v) is 9.44. The van der Waals surface area contributed by atoms with E-state index in [-0.39, 0.29) is 19.1 Å². The zero-order valence-corrected chi connectivity index (χ0v) is 19.4. The third kappa shape index (κ3) is 4.84. The number of ether oxygens (including phenoxy) is 2. The summed E-state index contributed by atoms with van der Waals surface area (Å²) >= 11 is 0. The molecule has 1 saturated carbocycles. The van der Waals surface area contributed by atoms with Crippen LogP contribution >= 0.6 is 0 Å². The summed E-state index contributed by atoms with van der Waals surface area (Å²) < 4.78 is 10.9. The summed E-state index contributed by atoms with van der Waals surface area (Å²) in [6.45, 7) is 0.104. The first-order valence-corrected chi connectivity index (χ1v) is 12.2. The van der Waals surface area contributed by atoms with E-state index in [4.69, 9.17) is 9.47 Å². The number of fused-ring (bicyclic) bond motifs is 2. The predicted octanol–water partition coefficient (Wildman–Crippen LogP) is 3.73. The molecule has 1 amide bonds. The third-order valence-corrected chi connectivity index (χ3v) is 7.23. The van der Waals surface area contributed by atoms with Crippen molar-refractivity contribution in [2.75, 3.05) is 6.79 Å². The number of H-pyrrole nitrogens is 1. The van der Waals surface area contributed by atoms with Crippen molar-refractivity contribution in [3.63, 3.8) is 0 Å².